The van der Waals surface area contributed by atoms with Crippen molar-refractivity contribution in [1.29, 1.82) is 0 Å². The molecule has 2 rings (SSSR count). The van der Waals surface area contributed by atoms with E-state index >= 15 is 0 Å². The number of amides is 1. The lowest BCUT2D eigenvalue weighted by atomic mass is 10.0. The molecule has 0 aliphatic heterocycles. The number of nitrogens with one attached hydrogen (secondary N) is 1. The fourth-order valence-corrected chi connectivity index (χ4v) is 2.66. The zero-order valence-electron chi connectivity index (χ0n) is 13.5. The van der Waals surface area contributed by atoms with Crippen LogP contribution < -0.4 is 0 Å². The van der Waals surface area contributed by atoms with Gasteiger partial charge in [0.25, 0.3) is 0 Å². The minimum Gasteiger partial charge on any atom is -0.464 e. The van der Waals surface area contributed by atoms with E-state index in [0.717, 1.165) is 12.8 Å². The van der Waals surface area contributed by atoms with Gasteiger partial charge in [0.15, 0.2) is 5.78 Å². The molecule has 120 valence electrons. The second-order valence-electron chi connectivity index (χ2n) is 5.67. The monoisotopic (exact) mass is 306 g/mol. The fraction of sp³-hybridized carbons (Fsp3) is 0.562. The molecule has 0 aromatic carbocycles. The van der Waals surface area contributed by atoms with Gasteiger partial charge in [-0.2, -0.15) is 0 Å². The number of aromatic nitrogens is 1. The number of likely N-dealkylation sites (N-methyl/N-ethyl adjacent to an activating group) is 1. The van der Waals surface area contributed by atoms with Gasteiger partial charge in [-0.3, -0.25) is 9.59 Å². The molecule has 1 aromatic rings. The van der Waals surface area contributed by atoms with Crippen LogP contribution in [0.5, 0.6) is 0 Å². The number of hydrogen-bond donors (Lipinski definition) is 1. The highest BCUT2D eigenvalue weighted by molar-refractivity contribution is 6.04. The van der Waals surface area contributed by atoms with Crippen molar-refractivity contribution in [3.63, 3.8) is 0 Å². The summed E-state index contributed by atoms with van der Waals surface area (Å²) in [5.41, 5.74) is 1.96. The SMILES string of the molecule is CCN(CC(=O)c1c(C)[nH]c(C(=O)OC)c1C)C(=O)C1CC1. The van der Waals surface area contributed by atoms with Gasteiger partial charge in [-0.15, -0.1) is 0 Å². The van der Waals surface area contributed by atoms with Crippen molar-refractivity contribution in [2.75, 3.05) is 20.2 Å². The lowest BCUT2D eigenvalue weighted by Crippen LogP contribution is -2.36. The Morgan fingerprint density at radius 3 is 2.41 bits per heavy atom. The number of rotatable bonds is 6. The van der Waals surface area contributed by atoms with Crippen molar-refractivity contribution in [2.24, 2.45) is 5.92 Å². The summed E-state index contributed by atoms with van der Waals surface area (Å²) in [6.07, 6.45) is 1.83. The highest BCUT2D eigenvalue weighted by Crippen LogP contribution is 2.31. The standard InChI is InChI=1S/C16H22N2O4/c1-5-18(15(20)11-6-7-11)8-12(19)13-9(2)14(16(21)22-4)17-10(13)3/h11,17H,5-8H2,1-4H3. The number of nitrogens with zero attached hydrogens (tertiary/aromatic N) is 1. The number of ketones is 1. The highest BCUT2D eigenvalue weighted by Gasteiger charge is 2.34. The molecular formula is C16H22N2O4. The van der Waals surface area contributed by atoms with E-state index in [1.54, 1.807) is 18.7 Å². The van der Waals surface area contributed by atoms with Crippen LogP contribution >= 0.6 is 0 Å². The molecule has 0 unspecified atom stereocenters. The molecule has 0 bridgehead atoms. The van der Waals surface area contributed by atoms with Crippen molar-refractivity contribution in [3.8, 4) is 0 Å². The molecule has 0 radical (unpaired) electrons. The Morgan fingerprint density at radius 1 is 1.27 bits per heavy atom. The molecule has 1 aliphatic rings. The fourth-order valence-electron chi connectivity index (χ4n) is 2.66. The maximum absolute atomic E-state index is 12.6. The van der Waals surface area contributed by atoms with Crippen LogP contribution in [-0.2, 0) is 9.53 Å². The van der Waals surface area contributed by atoms with Gasteiger partial charge in [-0.1, -0.05) is 0 Å². The predicted octanol–water partition coefficient (Wildman–Crippen LogP) is 1.86. The summed E-state index contributed by atoms with van der Waals surface area (Å²) >= 11 is 0. The maximum Gasteiger partial charge on any atom is 0.354 e. The molecule has 6 nitrogen and oxygen atoms in total. The first kappa shape index (κ1) is 16.3. The van der Waals surface area contributed by atoms with Crippen LogP contribution in [0.2, 0.25) is 0 Å². The zero-order chi connectivity index (χ0) is 16.4. The van der Waals surface area contributed by atoms with Gasteiger partial charge in [-0.05, 0) is 39.2 Å². The smallest absolute Gasteiger partial charge is 0.354 e. The normalized spacial score (nSPS) is 13.8. The summed E-state index contributed by atoms with van der Waals surface area (Å²) in [5.74, 6) is -0.514. The molecule has 1 amide bonds. The number of aromatic amines is 1. The second kappa shape index (κ2) is 6.34. The first-order chi connectivity index (χ1) is 10.4. The number of carbonyl (C=O) groups excluding carboxylic acids is 3. The molecule has 1 saturated carbocycles. The number of aryl methyl sites for hydroxylation is 1. The topological polar surface area (TPSA) is 79.5 Å². The molecule has 0 spiro atoms. The Balaban J connectivity index is 2.20. The van der Waals surface area contributed by atoms with Crippen molar-refractivity contribution in [3.05, 3.63) is 22.5 Å². The third-order valence-corrected chi connectivity index (χ3v) is 4.06. The van der Waals surface area contributed by atoms with Crippen molar-refractivity contribution in [1.82, 2.24) is 9.88 Å². The number of esters is 1. The van der Waals surface area contributed by atoms with Gasteiger partial charge in [0, 0.05) is 23.7 Å². The molecule has 1 aromatic heterocycles. The summed E-state index contributed by atoms with van der Waals surface area (Å²) in [4.78, 5) is 40.9. The lowest BCUT2D eigenvalue weighted by Gasteiger charge is -2.20. The van der Waals surface area contributed by atoms with Crippen LogP contribution in [0.25, 0.3) is 0 Å². The second-order valence-corrected chi connectivity index (χ2v) is 5.67. The summed E-state index contributed by atoms with van der Waals surface area (Å²) < 4.78 is 4.70. The third-order valence-electron chi connectivity index (χ3n) is 4.06. The van der Waals surface area contributed by atoms with E-state index in [2.05, 4.69) is 4.98 Å². The van der Waals surface area contributed by atoms with Gasteiger partial charge in [0.1, 0.15) is 5.69 Å². The molecule has 1 aliphatic carbocycles. The van der Waals surface area contributed by atoms with E-state index < -0.39 is 5.97 Å². The number of Topliss-reactive ketones (excluding diaryl/α,β-unsaturated/α-hetero) is 1. The average molecular weight is 306 g/mol. The molecule has 0 saturated heterocycles. The number of ether oxygens (including phenoxy) is 1. The van der Waals surface area contributed by atoms with Crippen molar-refractivity contribution in [2.45, 2.75) is 33.6 Å². The first-order valence-corrected chi connectivity index (χ1v) is 7.50. The summed E-state index contributed by atoms with van der Waals surface area (Å²) in [6.45, 7) is 5.87. The van der Waals surface area contributed by atoms with Crippen LogP contribution in [0.1, 0.15) is 51.9 Å². The summed E-state index contributed by atoms with van der Waals surface area (Å²) in [7, 11) is 1.30. The molecule has 22 heavy (non-hydrogen) atoms. The van der Waals surface area contributed by atoms with Gasteiger partial charge in [-0.25, -0.2) is 4.79 Å². The number of carbonyl (C=O) groups is 3. The summed E-state index contributed by atoms with van der Waals surface area (Å²) in [5, 5.41) is 0. The van der Waals surface area contributed by atoms with Crippen LogP contribution in [-0.4, -0.2) is 47.7 Å². The van der Waals surface area contributed by atoms with E-state index in [4.69, 9.17) is 4.74 Å². The minimum atomic E-state index is -0.499. The van der Waals surface area contributed by atoms with Crippen LogP contribution in [0.4, 0.5) is 0 Å². The number of methoxy groups -OCH3 is 1. The van der Waals surface area contributed by atoms with Gasteiger partial charge in [0.2, 0.25) is 5.91 Å². The highest BCUT2D eigenvalue weighted by atomic mass is 16.5. The molecule has 6 heteroatoms. The molecule has 1 N–H and O–H groups in total. The number of H-pyrrole nitrogens is 1. The molecule has 0 atom stereocenters. The summed E-state index contributed by atoms with van der Waals surface area (Å²) in [6, 6.07) is 0. The van der Waals surface area contributed by atoms with Crippen LogP contribution in [0.3, 0.4) is 0 Å². The maximum atomic E-state index is 12.6. The van der Waals surface area contributed by atoms with E-state index in [0.29, 0.717) is 29.1 Å². The Bertz CT molecular complexity index is 614. The average Bonchev–Trinajstić information content (AvgIpc) is 3.29. The molecule has 1 heterocycles. The van der Waals surface area contributed by atoms with Gasteiger partial charge in [0.05, 0.1) is 13.7 Å². The van der Waals surface area contributed by atoms with Crippen LogP contribution in [0.15, 0.2) is 0 Å². The Hall–Kier alpha value is -2.11. The Kier molecular flexibility index (Phi) is 4.68. The third kappa shape index (κ3) is 3.05. The lowest BCUT2D eigenvalue weighted by molar-refractivity contribution is -0.131. The van der Waals surface area contributed by atoms with E-state index in [-0.39, 0.29) is 24.2 Å². The van der Waals surface area contributed by atoms with Gasteiger partial charge < -0.3 is 14.6 Å². The Morgan fingerprint density at radius 2 is 1.91 bits per heavy atom. The largest absolute Gasteiger partial charge is 0.464 e. The molecular weight excluding hydrogens is 284 g/mol. The van der Waals surface area contributed by atoms with E-state index in [1.165, 1.54) is 7.11 Å². The number of hydrogen-bond acceptors (Lipinski definition) is 4. The van der Waals surface area contributed by atoms with Crippen LogP contribution in [0, 0.1) is 19.8 Å². The minimum absolute atomic E-state index is 0.0476. The van der Waals surface area contributed by atoms with Gasteiger partial charge >= 0.3 is 5.97 Å². The first-order valence-electron chi connectivity index (χ1n) is 7.50. The van der Waals surface area contributed by atoms with Crippen molar-refractivity contribution >= 4 is 17.7 Å². The van der Waals surface area contributed by atoms with Crippen molar-refractivity contribution < 1.29 is 19.1 Å². The van der Waals surface area contributed by atoms with E-state index in [9.17, 15) is 14.4 Å². The zero-order valence-corrected chi connectivity index (χ0v) is 13.5. The predicted molar refractivity (Wildman–Crippen MR) is 80.9 cm³/mol. The van der Waals surface area contributed by atoms with E-state index in [1.807, 2.05) is 6.92 Å². The quantitative estimate of drug-likeness (QED) is 0.642. The Labute approximate surface area is 129 Å². The molecule has 1 fully saturated rings.